The number of carboxylic acids is 1. The number of aliphatic carboxylic acids is 1. The van der Waals surface area contributed by atoms with E-state index in [1.54, 1.807) is 13.8 Å². The van der Waals surface area contributed by atoms with Crippen LogP contribution in [0, 0.1) is 0 Å². The average molecular weight is 351 g/mol. The summed E-state index contributed by atoms with van der Waals surface area (Å²) in [5.74, 6) is -1.86. The highest BCUT2D eigenvalue weighted by Gasteiger charge is 2.62. The van der Waals surface area contributed by atoms with Crippen molar-refractivity contribution in [2.24, 2.45) is 0 Å². The molecule has 2 saturated heterocycles. The largest absolute Gasteiger partial charge is 0.548 e. The maximum atomic E-state index is 12.2. The maximum Gasteiger partial charge on any atom is 0.249 e. The molecule has 2 aliphatic rings. The third kappa shape index (κ3) is 2.99. The topological polar surface area (TPSA) is 126 Å². The van der Waals surface area contributed by atoms with Gasteiger partial charge in [0, 0.05) is 4.75 Å². The quantitative estimate of drug-likeness (QED) is 0.733. The summed E-state index contributed by atoms with van der Waals surface area (Å²) in [7, 11) is 0. The molecule has 2 heterocycles. The minimum absolute atomic E-state index is 0. The van der Waals surface area contributed by atoms with Gasteiger partial charge in [-0.15, -0.1) is 11.8 Å². The normalized spacial score (nSPS) is 26.8. The Hall–Kier alpha value is -2.06. The number of benzene rings is 1. The van der Waals surface area contributed by atoms with Gasteiger partial charge in [0.2, 0.25) is 11.8 Å². The molecule has 2 amide bonds. The lowest BCUT2D eigenvalue weighted by atomic mass is 9.96. The summed E-state index contributed by atoms with van der Waals surface area (Å²) < 4.78 is -0.641. The zero-order chi connectivity index (χ0) is 16.8. The van der Waals surface area contributed by atoms with Gasteiger partial charge in [0.25, 0.3) is 0 Å². The highest BCUT2D eigenvalue weighted by Crippen LogP contribution is 2.50. The van der Waals surface area contributed by atoms with Crippen molar-refractivity contribution < 1.29 is 19.5 Å². The van der Waals surface area contributed by atoms with Gasteiger partial charge in [0.05, 0.1) is 18.4 Å². The van der Waals surface area contributed by atoms with Crippen molar-refractivity contribution in [3.63, 3.8) is 0 Å². The second-order valence-corrected chi connectivity index (χ2v) is 8.06. The number of amides is 2. The molecule has 3 rings (SSSR count). The number of carbonyl (C=O) groups excluding carboxylic acids is 3. The lowest BCUT2D eigenvalue weighted by molar-refractivity contribution is -0.312. The van der Waals surface area contributed by atoms with Crippen molar-refractivity contribution in [1.82, 2.24) is 16.4 Å². The Morgan fingerprint density at radius 1 is 1.29 bits per heavy atom. The second-order valence-electron chi connectivity index (χ2n) is 6.29. The highest BCUT2D eigenvalue weighted by molar-refractivity contribution is 8.01. The highest BCUT2D eigenvalue weighted by atomic mass is 32.2. The fraction of sp³-hybridized carbons (Fsp3) is 0.438. The van der Waals surface area contributed by atoms with E-state index in [4.69, 9.17) is 0 Å². The van der Waals surface area contributed by atoms with E-state index in [1.807, 2.05) is 30.3 Å². The molecule has 0 spiro atoms. The first-order valence-electron chi connectivity index (χ1n) is 7.35. The number of fused-ring (bicyclic) bond motifs is 1. The van der Waals surface area contributed by atoms with E-state index in [0.717, 1.165) is 5.56 Å². The maximum absolute atomic E-state index is 12.2. The van der Waals surface area contributed by atoms with Crippen molar-refractivity contribution in [3.05, 3.63) is 35.9 Å². The second kappa shape index (κ2) is 6.45. The Bertz CT molecular complexity index is 665. The van der Waals surface area contributed by atoms with E-state index in [0.29, 0.717) is 0 Å². The molecule has 0 bridgehead atoms. The molecular weight excluding hydrogens is 330 g/mol. The van der Waals surface area contributed by atoms with Gasteiger partial charge < -0.3 is 26.3 Å². The lowest BCUT2D eigenvalue weighted by Crippen LogP contribution is -2.71. The molecular formula is C16H21N3O4S. The number of nitrogens with zero attached hydrogens (tertiary/aromatic N) is 1. The van der Waals surface area contributed by atoms with Crippen LogP contribution in [-0.2, 0) is 20.8 Å². The number of quaternary nitrogens is 1. The standard InChI is InChI=1S/C16H18N2O4S.H3N/c1-16(2)12(15(21)22)18-13(20)11(14(18)23-16)17-10(19)8-9-6-4-3-5-7-9;/h3-7,11-12,14H,8H2,1-2H3,(H,17,19)(H,21,22);1H3/t11-,12+,14-;/m1./s1. The molecule has 3 atom stereocenters. The third-order valence-electron chi connectivity index (χ3n) is 4.19. The van der Waals surface area contributed by atoms with Crippen LogP contribution >= 0.6 is 11.8 Å². The number of carbonyl (C=O) groups is 3. The average Bonchev–Trinajstić information content (AvgIpc) is 2.74. The van der Waals surface area contributed by atoms with Crippen molar-refractivity contribution in [2.45, 2.75) is 42.5 Å². The Kier molecular flexibility index (Phi) is 4.91. The number of hydrogen-bond acceptors (Lipinski definition) is 5. The van der Waals surface area contributed by atoms with E-state index in [-0.39, 0.29) is 29.8 Å². The third-order valence-corrected chi connectivity index (χ3v) is 5.76. The van der Waals surface area contributed by atoms with Gasteiger partial charge in [0.15, 0.2) is 0 Å². The van der Waals surface area contributed by atoms with Crippen LogP contribution in [-0.4, -0.2) is 44.9 Å². The predicted octanol–water partition coefficient (Wildman–Crippen LogP) is -0.0977. The molecule has 24 heavy (non-hydrogen) atoms. The SMILES string of the molecule is CC1(C)S[C@@H]2[C@H](NC(=O)Cc3ccccc3)C(=O)N2[C@H]1C(=O)[O-].[NH4+]. The van der Waals surface area contributed by atoms with E-state index in [2.05, 4.69) is 5.32 Å². The number of thioether (sulfide) groups is 1. The molecule has 1 aromatic rings. The van der Waals surface area contributed by atoms with Crippen molar-refractivity contribution in [3.8, 4) is 0 Å². The Labute approximate surface area is 144 Å². The molecule has 0 radical (unpaired) electrons. The van der Waals surface area contributed by atoms with Crippen LogP contribution in [0.4, 0.5) is 0 Å². The summed E-state index contributed by atoms with van der Waals surface area (Å²) in [4.78, 5) is 37.0. The summed E-state index contributed by atoms with van der Waals surface area (Å²) in [6.45, 7) is 3.54. The minimum Gasteiger partial charge on any atom is -0.548 e. The Balaban J connectivity index is 0.00000208. The van der Waals surface area contributed by atoms with Crippen LogP contribution in [0.5, 0.6) is 0 Å². The summed E-state index contributed by atoms with van der Waals surface area (Å²) in [5.41, 5.74) is 0.862. The van der Waals surface area contributed by atoms with E-state index < -0.39 is 22.8 Å². The summed E-state index contributed by atoms with van der Waals surface area (Å²) >= 11 is 1.38. The van der Waals surface area contributed by atoms with Gasteiger partial charge in [-0.3, -0.25) is 9.59 Å². The van der Waals surface area contributed by atoms with Crippen LogP contribution < -0.4 is 16.6 Å². The van der Waals surface area contributed by atoms with Crippen LogP contribution in [0.15, 0.2) is 30.3 Å². The Morgan fingerprint density at radius 2 is 1.92 bits per heavy atom. The summed E-state index contributed by atoms with van der Waals surface area (Å²) in [6, 6.07) is 7.61. The monoisotopic (exact) mass is 351 g/mol. The molecule has 2 fully saturated rings. The zero-order valence-corrected chi connectivity index (χ0v) is 14.6. The number of nitrogens with one attached hydrogen (secondary N) is 1. The number of β-lactam (4-membered cyclic amide) rings is 1. The number of carboxylic acid groups (broad SMARTS) is 1. The van der Waals surface area contributed by atoms with E-state index >= 15 is 0 Å². The minimum atomic E-state index is -1.26. The number of rotatable bonds is 4. The first kappa shape index (κ1) is 18.3. The molecule has 7 nitrogen and oxygen atoms in total. The smallest absolute Gasteiger partial charge is 0.249 e. The fourth-order valence-corrected chi connectivity index (χ4v) is 4.75. The van der Waals surface area contributed by atoms with Crippen LogP contribution in [0.2, 0.25) is 0 Å². The van der Waals surface area contributed by atoms with Gasteiger partial charge in [-0.1, -0.05) is 30.3 Å². The van der Waals surface area contributed by atoms with Crippen LogP contribution in [0.1, 0.15) is 19.4 Å². The van der Waals surface area contributed by atoms with Gasteiger partial charge in [-0.05, 0) is 19.4 Å². The summed E-state index contributed by atoms with van der Waals surface area (Å²) in [6.07, 6.45) is 0.190. The fourth-order valence-electron chi connectivity index (χ4n) is 3.13. The van der Waals surface area contributed by atoms with Crippen molar-refractivity contribution in [2.75, 3.05) is 0 Å². The molecule has 5 N–H and O–H groups in total. The first-order chi connectivity index (χ1) is 10.8. The molecule has 0 aromatic heterocycles. The summed E-state index contributed by atoms with van der Waals surface area (Å²) in [5, 5.41) is 13.7. The predicted molar refractivity (Wildman–Crippen MR) is 89.2 cm³/mol. The van der Waals surface area contributed by atoms with Crippen LogP contribution in [0.3, 0.4) is 0 Å². The first-order valence-corrected chi connectivity index (χ1v) is 8.23. The van der Waals surface area contributed by atoms with Crippen LogP contribution in [0.25, 0.3) is 0 Å². The molecule has 1 aromatic carbocycles. The molecule has 0 saturated carbocycles. The molecule has 2 aliphatic heterocycles. The van der Waals surface area contributed by atoms with E-state index in [9.17, 15) is 19.5 Å². The lowest BCUT2D eigenvalue weighted by Gasteiger charge is -2.45. The molecule has 8 heteroatoms. The Morgan fingerprint density at radius 3 is 2.50 bits per heavy atom. The zero-order valence-electron chi connectivity index (χ0n) is 13.8. The molecule has 130 valence electrons. The van der Waals surface area contributed by atoms with E-state index in [1.165, 1.54) is 16.7 Å². The van der Waals surface area contributed by atoms with Crippen molar-refractivity contribution in [1.29, 1.82) is 0 Å². The van der Waals surface area contributed by atoms with Gasteiger partial charge in [-0.2, -0.15) is 0 Å². The van der Waals surface area contributed by atoms with Gasteiger partial charge in [0.1, 0.15) is 11.4 Å². The van der Waals surface area contributed by atoms with Gasteiger partial charge in [-0.25, -0.2) is 0 Å². The molecule has 0 aliphatic carbocycles. The van der Waals surface area contributed by atoms with Gasteiger partial charge >= 0.3 is 0 Å². The number of hydrogen-bond donors (Lipinski definition) is 2. The van der Waals surface area contributed by atoms with Crippen molar-refractivity contribution >= 4 is 29.5 Å². The molecule has 0 unspecified atom stereocenters.